The van der Waals surface area contributed by atoms with Crippen molar-refractivity contribution in [3.8, 4) is 0 Å². The van der Waals surface area contributed by atoms with E-state index in [-0.39, 0.29) is 16.8 Å². The second-order valence-corrected chi connectivity index (χ2v) is 10.7. The van der Waals surface area contributed by atoms with E-state index in [1.54, 1.807) is 13.8 Å². The first-order chi connectivity index (χ1) is 11.9. The molecule has 6 nitrogen and oxygen atoms in total. The number of hydrogen-bond acceptors (Lipinski definition) is 6. The van der Waals surface area contributed by atoms with Crippen molar-refractivity contribution in [3.05, 3.63) is 0 Å². The van der Waals surface area contributed by atoms with E-state index < -0.39 is 17.0 Å². The highest BCUT2D eigenvalue weighted by Gasteiger charge is 2.35. The maximum atomic E-state index is 11.2. The zero-order valence-electron chi connectivity index (χ0n) is 19.3. The van der Waals surface area contributed by atoms with Gasteiger partial charge in [0, 0.05) is 6.42 Å². The van der Waals surface area contributed by atoms with Crippen molar-refractivity contribution in [1.82, 2.24) is 0 Å². The largest absolute Gasteiger partial charge is 0.347 e. The molecule has 0 aromatic carbocycles. The maximum Gasteiger partial charge on any atom is 0.347 e. The summed E-state index contributed by atoms with van der Waals surface area (Å²) in [4.78, 5) is 35.7. The predicted octanol–water partition coefficient (Wildman–Crippen LogP) is 5.94. The van der Waals surface area contributed by atoms with Gasteiger partial charge in [-0.2, -0.15) is 10.1 Å². The van der Waals surface area contributed by atoms with Crippen LogP contribution in [0.2, 0.25) is 0 Å². The zero-order valence-corrected chi connectivity index (χ0v) is 19.3. The van der Waals surface area contributed by atoms with E-state index in [1.165, 1.54) is 0 Å². The highest BCUT2D eigenvalue weighted by molar-refractivity contribution is 5.75. The van der Waals surface area contributed by atoms with Crippen LogP contribution in [-0.2, 0) is 24.3 Å². The maximum absolute atomic E-state index is 11.2. The van der Waals surface area contributed by atoms with Gasteiger partial charge in [0.15, 0.2) is 0 Å². The summed E-state index contributed by atoms with van der Waals surface area (Å²) < 4.78 is 0. The summed E-state index contributed by atoms with van der Waals surface area (Å²) in [5, 5.41) is 8.29. The lowest BCUT2D eigenvalue weighted by Crippen LogP contribution is -2.31. The van der Waals surface area contributed by atoms with Crippen LogP contribution in [0, 0.1) is 16.2 Å². The molecule has 27 heavy (non-hydrogen) atoms. The molecule has 0 aliphatic rings. The van der Waals surface area contributed by atoms with Gasteiger partial charge in [0.05, 0.1) is 5.41 Å². The fourth-order valence-electron chi connectivity index (χ4n) is 2.21. The first kappa shape index (κ1) is 28.1. The van der Waals surface area contributed by atoms with E-state index in [1.807, 2.05) is 20.8 Å². The number of carbonyl (C=O) groups excluding carboxylic acids is 2. The third-order valence-corrected chi connectivity index (χ3v) is 3.98. The third kappa shape index (κ3) is 16.7. The van der Waals surface area contributed by atoms with Crippen molar-refractivity contribution in [3.63, 3.8) is 0 Å². The second kappa shape index (κ2) is 11.0. The molecule has 0 spiro atoms. The molecule has 0 rings (SSSR count). The van der Waals surface area contributed by atoms with Gasteiger partial charge in [-0.1, -0.05) is 48.0 Å². The molecule has 0 aliphatic heterocycles. The van der Waals surface area contributed by atoms with E-state index in [2.05, 4.69) is 51.3 Å². The molecule has 0 saturated heterocycles. The lowest BCUT2D eigenvalue weighted by atomic mass is 9.74. The summed E-state index contributed by atoms with van der Waals surface area (Å²) in [5.74, 6) is -0.858. The standard InChI is InChI=1S/C11H22O3.C10H20O3/c1-10(2,3)8-7-9(12)13-14-11(4,5)6;1-6-9(2,3)7-10(4,5)8(11)13-12/h7-8H2,1-6H3;12H,6-7H2,1-5H3. The smallest absolute Gasteiger partial charge is 0.300 e. The second-order valence-electron chi connectivity index (χ2n) is 10.7. The molecule has 162 valence electrons. The number of hydrogen-bond donors (Lipinski definition) is 1. The molecule has 0 bridgehead atoms. The van der Waals surface area contributed by atoms with E-state index in [0.717, 1.165) is 12.8 Å². The Morgan fingerprint density at radius 3 is 1.70 bits per heavy atom. The average molecular weight is 391 g/mol. The monoisotopic (exact) mass is 390 g/mol. The van der Waals surface area contributed by atoms with Crippen LogP contribution in [0.4, 0.5) is 0 Å². The Hall–Kier alpha value is -1.14. The van der Waals surface area contributed by atoms with Crippen LogP contribution >= 0.6 is 0 Å². The number of rotatable bonds is 7. The van der Waals surface area contributed by atoms with E-state index in [4.69, 9.17) is 10.1 Å². The van der Waals surface area contributed by atoms with Gasteiger partial charge in [0.2, 0.25) is 0 Å². The van der Waals surface area contributed by atoms with Gasteiger partial charge >= 0.3 is 11.9 Å². The van der Waals surface area contributed by atoms with Crippen LogP contribution < -0.4 is 0 Å². The highest BCUT2D eigenvalue weighted by Crippen LogP contribution is 2.36. The van der Waals surface area contributed by atoms with Gasteiger partial charge in [-0.25, -0.2) is 9.59 Å². The van der Waals surface area contributed by atoms with Gasteiger partial charge < -0.3 is 4.89 Å². The lowest BCUT2D eigenvalue weighted by Gasteiger charge is -2.31. The predicted molar refractivity (Wildman–Crippen MR) is 107 cm³/mol. The molecule has 0 saturated carbocycles. The van der Waals surface area contributed by atoms with Crippen LogP contribution in [0.25, 0.3) is 0 Å². The Bertz CT molecular complexity index is 432. The number of carbonyl (C=O) groups is 2. The van der Waals surface area contributed by atoms with Crippen molar-refractivity contribution in [2.75, 3.05) is 0 Å². The summed E-state index contributed by atoms with van der Waals surface area (Å²) >= 11 is 0. The molecule has 0 atom stereocenters. The summed E-state index contributed by atoms with van der Waals surface area (Å²) in [5.41, 5.74) is -0.801. The Kier molecular flexibility index (Phi) is 11.4. The van der Waals surface area contributed by atoms with Crippen LogP contribution in [0.5, 0.6) is 0 Å². The van der Waals surface area contributed by atoms with E-state index >= 15 is 0 Å². The fourth-order valence-corrected chi connectivity index (χ4v) is 2.21. The Morgan fingerprint density at radius 2 is 1.37 bits per heavy atom. The molecule has 0 fully saturated rings. The first-order valence-corrected chi connectivity index (χ1v) is 9.59. The lowest BCUT2D eigenvalue weighted by molar-refractivity contribution is -0.320. The van der Waals surface area contributed by atoms with Crippen LogP contribution in [-0.4, -0.2) is 22.8 Å². The minimum Gasteiger partial charge on any atom is -0.300 e. The van der Waals surface area contributed by atoms with Crippen molar-refractivity contribution >= 4 is 11.9 Å². The van der Waals surface area contributed by atoms with E-state index in [9.17, 15) is 9.59 Å². The molecule has 0 radical (unpaired) electrons. The minimum absolute atomic E-state index is 0.0949. The molecule has 1 N–H and O–H groups in total. The van der Waals surface area contributed by atoms with Crippen molar-refractivity contribution in [2.24, 2.45) is 16.2 Å². The summed E-state index contributed by atoms with van der Waals surface area (Å²) in [6, 6.07) is 0. The fraction of sp³-hybridized carbons (Fsp3) is 0.905. The van der Waals surface area contributed by atoms with Crippen LogP contribution in [0.15, 0.2) is 0 Å². The molecular weight excluding hydrogens is 348 g/mol. The Morgan fingerprint density at radius 1 is 0.889 bits per heavy atom. The molecule has 0 aromatic rings. The average Bonchev–Trinajstić information content (AvgIpc) is 2.48. The zero-order chi connectivity index (χ0) is 22.1. The molecule has 6 heteroatoms. The van der Waals surface area contributed by atoms with Crippen molar-refractivity contribution in [2.45, 2.75) is 107 Å². The quantitative estimate of drug-likeness (QED) is 0.428. The van der Waals surface area contributed by atoms with Gasteiger partial charge in [-0.3, -0.25) is 4.89 Å². The first-order valence-electron chi connectivity index (χ1n) is 9.59. The summed E-state index contributed by atoms with van der Waals surface area (Å²) in [6.45, 7) is 21.6. The SMILES string of the molecule is CC(C)(C)CCC(=O)OOC(C)(C)C.CCC(C)(C)CC(C)(C)C(=O)OO. The Labute approximate surface area is 165 Å². The topological polar surface area (TPSA) is 82.1 Å². The van der Waals surface area contributed by atoms with Gasteiger partial charge in [0.25, 0.3) is 0 Å². The van der Waals surface area contributed by atoms with Crippen LogP contribution in [0.1, 0.15) is 102 Å². The van der Waals surface area contributed by atoms with Gasteiger partial charge in [-0.15, -0.1) is 0 Å². The minimum atomic E-state index is -0.617. The highest BCUT2D eigenvalue weighted by atomic mass is 17.2. The van der Waals surface area contributed by atoms with E-state index in [0.29, 0.717) is 12.8 Å². The molecule has 0 amide bonds. The van der Waals surface area contributed by atoms with Gasteiger partial charge in [-0.05, 0) is 58.3 Å². The molecular formula is C21H42O6. The third-order valence-electron chi connectivity index (χ3n) is 3.98. The molecule has 0 aromatic heterocycles. The van der Waals surface area contributed by atoms with Crippen LogP contribution in [0.3, 0.4) is 0 Å². The van der Waals surface area contributed by atoms with Crippen molar-refractivity contribution in [1.29, 1.82) is 0 Å². The summed E-state index contributed by atoms with van der Waals surface area (Å²) in [7, 11) is 0. The Balaban J connectivity index is 0. The molecule has 0 heterocycles. The normalized spacial score (nSPS) is 12.7. The molecule has 0 unspecified atom stereocenters. The van der Waals surface area contributed by atoms with Crippen molar-refractivity contribution < 1.29 is 29.5 Å². The van der Waals surface area contributed by atoms with Gasteiger partial charge in [0.1, 0.15) is 5.60 Å². The molecule has 0 aliphatic carbocycles. The summed E-state index contributed by atoms with van der Waals surface area (Å²) in [6.07, 6.45) is 2.91.